The molecule has 18 heavy (non-hydrogen) atoms. The van der Waals surface area contributed by atoms with Gasteiger partial charge in [0.1, 0.15) is 6.07 Å². The number of nitrogens with one attached hydrogen (secondary N) is 1. The minimum Gasteiger partial charge on any atom is -0.380 e. The molecule has 90 valence electrons. The van der Waals surface area contributed by atoms with Crippen LogP contribution in [0, 0.1) is 11.3 Å². The molecule has 0 spiro atoms. The summed E-state index contributed by atoms with van der Waals surface area (Å²) in [6, 6.07) is 18.0. The van der Waals surface area contributed by atoms with E-state index in [-0.39, 0.29) is 0 Å². The predicted octanol–water partition coefficient (Wildman–Crippen LogP) is 3.91. The molecular formula is C15H13ClN2. The van der Waals surface area contributed by atoms with Gasteiger partial charge in [-0.15, -0.1) is 11.6 Å². The summed E-state index contributed by atoms with van der Waals surface area (Å²) in [5, 5.41) is 12.5. The average Bonchev–Trinajstić information content (AvgIpc) is 2.45. The standard InChI is InChI=1S/C15H13ClN2/c16-9-13-7-4-8-15(14(13)10-17)18-11-12-5-2-1-3-6-12/h1-8,18H,9,11H2. The van der Waals surface area contributed by atoms with Gasteiger partial charge in [0, 0.05) is 12.4 Å². The molecule has 0 aliphatic carbocycles. The highest BCUT2D eigenvalue weighted by Gasteiger charge is 2.06. The smallest absolute Gasteiger partial charge is 0.102 e. The SMILES string of the molecule is N#Cc1c(CCl)cccc1NCc1ccccc1. The van der Waals surface area contributed by atoms with E-state index >= 15 is 0 Å². The molecule has 0 aliphatic rings. The summed E-state index contributed by atoms with van der Waals surface area (Å²) < 4.78 is 0. The lowest BCUT2D eigenvalue weighted by molar-refractivity contribution is 1.14. The Labute approximate surface area is 112 Å². The highest BCUT2D eigenvalue weighted by Crippen LogP contribution is 2.21. The first kappa shape index (κ1) is 12.5. The molecule has 0 aromatic heterocycles. The van der Waals surface area contributed by atoms with E-state index in [0.29, 0.717) is 18.0 Å². The molecular weight excluding hydrogens is 244 g/mol. The number of hydrogen-bond donors (Lipinski definition) is 1. The lowest BCUT2D eigenvalue weighted by Crippen LogP contribution is -2.02. The number of nitrogens with zero attached hydrogens (tertiary/aromatic N) is 1. The van der Waals surface area contributed by atoms with Crippen LogP contribution in [0.15, 0.2) is 48.5 Å². The van der Waals surface area contributed by atoms with Gasteiger partial charge in [-0.25, -0.2) is 0 Å². The molecule has 3 heteroatoms. The van der Waals surface area contributed by atoms with E-state index in [2.05, 4.69) is 11.4 Å². The summed E-state index contributed by atoms with van der Waals surface area (Å²) in [6.45, 7) is 0.696. The van der Waals surface area contributed by atoms with Crippen molar-refractivity contribution in [2.75, 3.05) is 5.32 Å². The Morgan fingerprint density at radius 2 is 1.83 bits per heavy atom. The van der Waals surface area contributed by atoms with E-state index in [1.165, 1.54) is 5.56 Å². The first-order valence-electron chi connectivity index (χ1n) is 5.71. The molecule has 2 aromatic rings. The van der Waals surface area contributed by atoms with E-state index < -0.39 is 0 Å². The molecule has 0 fully saturated rings. The quantitative estimate of drug-likeness (QED) is 0.842. The third-order valence-electron chi connectivity index (χ3n) is 2.73. The number of anilines is 1. The van der Waals surface area contributed by atoms with Gasteiger partial charge in [0.05, 0.1) is 11.3 Å². The van der Waals surface area contributed by atoms with Crippen LogP contribution in [-0.4, -0.2) is 0 Å². The zero-order chi connectivity index (χ0) is 12.8. The van der Waals surface area contributed by atoms with Crippen molar-refractivity contribution in [3.63, 3.8) is 0 Å². The zero-order valence-electron chi connectivity index (χ0n) is 9.86. The van der Waals surface area contributed by atoms with Gasteiger partial charge in [0.15, 0.2) is 0 Å². The summed E-state index contributed by atoms with van der Waals surface area (Å²) in [5.74, 6) is 0.351. The number of halogens is 1. The van der Waals surface area contributed by atoms with Crippen molar-refractivity contribution in [2.24, 2.45) is 0 Å². The van der Waals surface area contributed by atoms with Crippen LogP contribution in [0.5, 0.6) is 0 Å². The molecule has 0 aliphatic heterocycles. The molecule has 2 aromatic carbocycles. The summed E-state index contributed by atoms with van der Waals surface area (Å²) in [5.41, 5.74) is 3.50. The lowest BCUT2D eigenvalue weighted by Gasteiger charge is -2.10. The summed E-state index contributed by atoms with van der Waals surface area (Å²) in [7, 11) is 0. The Morgan fingerprint density at radius 3 is 2.50 bits per heavy atom. The van der Waals surface area contributed by atoms with Crippen molar-refractivity contribution in [1.29, 1.82) is 5.26 Å². The predicted molar refractivity (Wildman–Crippen MR) is 74.5 cm³/mol. The number of rotatable bonds is 4. The van der Waals surface area contributed by atoms with E-state index in [1.807, 2.05) is 48.5 Å². The third kappa shape index (κ3) is 2.82. The van der Waals surface area contributed by atoms with Crippen molar-refractivity contribution in [3.05, 3.63) is 65.2 Å². The fourth-order valence-corrected chi connectivity index (χ4v) is 2.01. The Bertz CT molecular complexity index is 558. The summed E-state index contributed by atoms with van der Waals surface area (Å²) in [4.78, 5) is 0. The van der Waals surface area contributed by atoms with E-state index in [1.54, 1.807) is 0 Å². The van der Waals surface area contributed by atoms with Crippen molar-refractivity contribution in [3.8, 4) is 6.07 Å². The second-order valence-corrected chi connectivity index (χ2v) is 4.19. The van der Waals surface area contributed by atoms with Gasteiger partial charge in [-0.2, -0.15) is 5.26 Å². The molecule has 0 radical (unpaired) electrons. The Hall–Kier alpha value is -1.98. The van der Waals surface area contributed by atoms with Gasteiger partial charge in [-0.3, -0.25) is 0 Å². The van der Waals surface area contributed by atoms with Gasteiger partial charge in [0.2, 0.25) is 0 Å². The molecule has 0 bridgehead atoms. The largest absolute Gasteiger partial charge is 0.380 e. The van der Waals surface area contributed by atoms with Crippen molar-refractivity contribution in [1.82, 2.24) is 0 Å². The Morgan fingerprint density at radius 1 is 1.06 bits per heavy atom. The summed E-state index contributed by atoms with van der Waals surface area (Å²) >= 11 is 5.82. The second-order valence-electron chi connectivity index (χ2n) is 3.92. The van der Waals surface area contributed by atoms with Crippen molar-refractivity contribution < 1.29 is 0 Å². The minimum atomic E-state index is 0.351. The van der Waals surface area contributed by atoms with Crippen LogP contribution in [0.1, 0.15) is 16.7 Å². The monoisotopic (exact) mass is 256 g/mol. The van der Waals surface area contributed by atoms with Gasteiger partial charge in [-0.05, 0) is 17.2 Å². The van der Waals surface area contributed by atoms with Crippen LogP contribution < -0.4 is 5.32 Å². The topological polar surface area (TPSA) is 35.8 Å². The Kier molecular flexibility index (Phi) is 4.22. The molecule has 1 N–H and O–H groups in total. The minimum absolute atomic E-state index is 0.351. The number of benzene rings is 2. The fourth-order valence-electron chi connectivity index (χ4n) is 1.78. The number of alkyl halides is 1. The number of hydrogen-bond acceptors (Lipinski definition) is 2. The first-order chi connectivity index (χ1) is 8.85. The van der Waals surface area contributed by atoms with Crippen LogP contribution in [0.4, 0.5) is 5.69 Å². The lowest BCUT2D eigenvalue weighted by atomic mass is 10.1. The third-order valence-corrected chi connectivity index (χ3v) is 3.02. The molecule has 0 atom stereocenters. The molecule has 0 saturated heterocycles. The van der Waals surface area contributed by atoms with E-state index in [0.717, 1.165) is 11.3 Å². The van der Waals surface area contributed by atoms with Crippen LogP contribution in [0.25, 0.3) is 0 Å². The second kappa shape index (κ2) is 6.09. The molecule has 2 nitrogen and oxygen atoms in total. The normalized spacial score (nSPS) is 9.78. The molecule has 0 unspecified atom stereocenters. The Balaban J connectivity index is 2.17. The summed E-state index contributed by atoms with van der Waals surface area (Å²) in [6.07, 6.45) is 0. The van der Waals surface area contributed by atoms with Gasteiger partial charge in [0.25, 0.3) is 0 Å². The maximum absolute atomic E-state index is 9.18. The maximum Gasteiger partial charge on any atom is 0.102 e. The highest BCUT2D eigenvalue weighted by atomic mass is 35.5. The molecule has 2 rings (SSSR count). The van der Waals surface area contributed by atoms with Crippen LogP contribution in [-0.2, 0) is 12.4 Å². The maximum atomic E-state index is 9.18. The zero-order valence-corrected chi connectivity index (χ0v) is 10.6. The van der Waals surface area contributed by atoms with Crippen LogP contribution >= 0.6 is 11.6 Å². The van der Waals surface area contributed by atoms with Crippen molar-refractivity contribution >= 4 is 17.3 Å². The van der Waals surface area contributed by atoms with E-state index in [4.69, 9.17) is 11.6 Å². The van der Waals surface area contributed by atoms with Gasteiger partial charge >= 0.3 is 0 Å². The number of nitriles is 1. The van der Waals surface area contributed by atoms with Gasteiger partial charge < -0.3 is 5.32 Å². The van der Waals surface area contributed by atoms with Crippen molar-refractivity contribution in [2.45, 2.75) is 12.4 Å². The van der Waals surface area contributed by atoms with Gasteiger partial charge in [-0.1, -0.05) is 42.5 Å². The highest BCUT2D eigenvalue weighted by molar-refractivity contribution is 6.17. The fraction of sp³-hybridized carbons (Fsp3) is 0.133. The average molecular weight is 257 g/mol. The van der Waals surface area contributed by atoms with Crippen LogP contribution in [0.2, 0.25) is 0 Å². The first-order valence-corrected chi connectivity index (χ1v) is 6.24. The molecule has 0 saturated carbocycles. The molecule has 0 amide bonds. The van der Waals surface area contributed by atoms with Crippen LogP contribution in [0.3, 0.4) is 0 Å². The van der Waals surface area contributed by atoms with E-state index in [9.17, 15) is 5.26 Å². The molecule has 0 heterocycles.